The van der Waals surface area contributed by atoms with E-state index in [1.54, 1.807) is 18.3 Å². The third kappa shape index (κ3) is 5.34. The van der Waals surface area contributed by atoms with Crippen LogP contribution in [-0.2, 0) is 0 Å². The van der Waals surface area contributed by atoms with Crippen LogP contribution in [-0.4, -0.2) is 35.4 Å². The van der Waals surface area contributed by atoms with E-state index in [9.17, 15) is 0 Å². The summed E-state index contributed by atoms with van der Waals surface area (Å²) in [5.74, 6) is 0.657. The van der Waals surface area contributed by atoms with E-state index in [2.05, 4.69) is 31.0 Å². The zero-order valence-corrected chi connectivity index (χ0v) is 17.5. The lowest BCUT2D eigenvalue weighted by molar-refractivity contribution is 0.176. The maximum atomic E-state index is 7.67. The molecule has 4 N–H and O–H groups in total. The molecule has 0 spiro atoms. The van der Waals surface area contributed by atoms with Gasteiger partial charge in [0, 0.05) is 12.1 Å². The van der Waals surface area contributed by atoms with Crippen LogP contribution >= 0.6 is 0 Å². The normalized spacial score (nSPS) is 24.0. The van der Waals surface area contributed by atoms with Crippen LogP contribution in [0.1, 0.15) is 62.3 Å². The summed E-state index contributed by atoms with van der Waals surface area (Å²) in [4.78, 5) is 2.43. The zero-order chi connectivity index (χ0) is 20.8. The van der Waals surface area contributed by atoms with E-state index in [1.807, 2.05) is 12.1 Å². The predicted octanol–water partition coefficient (Wildman–Crippen LogP) is 3.83. The van der Waals surface area contributed by atoms with Crippen LogP contribution in [0.25, 0.3) is 0 Å². The molecule has 2 heterocycles. The minimum Gasteiger partial charge on any atom is -0.484 e. The number of pyridine rings is 1. The number of hydrogen-bond donors (Lipinski definition) is 3. The van der Waals surface area contributed by atoms with E-state index >= 15 is 0 Å². The Labute approximate surface area is 173 Å². The Balaban J connectivity index is 0.000000252. The van der Waals surface area contributed by atoms with E-state index < -0.39 is 0 Å². The van der Waals surface area contributed by atoms with Gasteiger partial charge in [0.05, 0.1) is 12.5 Å². The summed E-state index contributed by atoms with van der Waals surface area (Å²) in [6.45, 7) is 3.61. The van der Waals surface area contributed by atoms with Gasteiger partial charge in [0.2, 0.25) is 0 Å². The molecule has 2 aliphatic rings. The zero-order valence-electron chi connectivity index (χ0n) is 17.5. The SMILES string of the molecule is C[C@@H]1CCCCN1C.N=Cn1cc(OC2CCC(N)c3ccccc32)ccc1=N. The molecule has 1 fully saturated rings. The summed E-state index contributed by atoms with van der Waals surface area (Å²) in [7, 11) is 2.21. The summed E-state index contributed by atoms with van der Waals surface area (Å²) in [6.07, 6.45) is 8.72. The standard InChI is InChI=1S/C16H18N4O.C7H15N/c17-10-20-9-11(5-8-16(20)19)21-15-7-6-14(18)12-3-1-2-4-13(12)15;1-7-5-3-4-6-8(7)2/h1-5,8-10,14-15,17,19H,6-7,18H2;7H,3-6H2,1-2H3/t;7-/m.1/s1. The molecule has 0 bridgehead atoms. The number of benzene rings is 1. The van der Waals surface area contributed by atoms with Gasteiger partial charge in [-0.1, -0.05) is 30.7 Å². The van der Waals surface area contributed by atoms with Crippen molar-refractivity contribution in [1.82, 2.24) is 9.47 Å². The molecule has 0 radical (unpaired) electrons. The second kappa shape index (κ2) is 9.85. The average Bonchev–Trinajstić information content (AvgIpc) is 2.74. The number of hydrogen-bond acceptors (Lipinski definition) is 5. The number of piperidine rings is 1. The monoisotopic (exact) mass is 395 g/mol. The van der Waals surface area contributed by atoms with E-state index in [1.165, 1.54) is 30.4 Å². The molecule has 1 aliphatic carbocycles. The lowest BCUT2D eigenvalue weighted by Gasteiger charge is -2.30. The van der Waals surface area contributed by atoms with Crippen LogP contribution in [0.4, 0.5) is 0 Å². The fraction of sp³-hybridized carbons (Fsp3) is 0.478. The molecule has 1 aliphatic heterocycles. The molecular weight excluding hydrogens is 362 g/mol. The second-order valence-electron chi connectivity index (χ2n) is 8.03. The Bertz CT molecular complexity index is 868. The Morgan fingerprint density at radius 1 is 1.07 bits per heavy atom. The highest BCUT2D eigenvalue weighted by Crippen LogP contribution is 2.37. The maximum Gasteiger partial charge on any atom is 0.137 e. The molecular formula is C23H33N5O. The summed E-state index contributed by atoms with van der Waals surface area (Å²) in [5.41, 5.74) is 8.68. The van der Waals surface area contributed by atoms with E-state index in [0.29, 0.717) is 5.75 Å². The number of aromatic nitrogens is 1. The van der Waals surface area contributed by atoms with Crippen molar-refractivity contribution in [3.05, 3.63) is 59.2 Å². The molecule has 1 aromatic heterocycles. The molecule has 156 valence electrons. The van der Waals surface area contributed by atoms with Gasteiger partial charge in [0.1, 0.15) is 17.3 Å². The minimum absolute atomic E-state index is 0.0308. The highest BCUT2D eigenvalue weighted by atomic mass is 16.5. The number of rotatable bonds is 3. The number of nitrogens with two attached hydrogens (primary N) is 1. The third-order valence-electron chi connectivity index (χ3n) is 5.98. The van der Waals surface area contributed by atoms with Crippen molar-refractivity contribution in [2.24, 2.45) is 5.73 Å². The molecule has 4 rings (SSSR count). The fourth-order valence-electron chi connectivity index (χ4n) is 3.99. The first kappa shape index (κ1) is 21.3. The van der Waals surface area contributed by atoms with Crippen LogP contribution in [0.5, 0.6) is 5.75 Å². The summed E-state index contributed by atoms with van der Waals surface area (Å²) in [5, 5.41) is 15.0. The van der Waals surface area contributed by atoms with E-state index in [-0.39, 0.29) is 17.6 Å². The summed E-state index contributed by atoms with van der Waals surface area (Å²) in [6, 6.07) is 12.4. The molecule has 0 saturated carbocycles. The van der Waals surface area contributed by atoms with Gasteiger partial charge < -0.3 is 15.4 Å². The minimum atomic E-state index is -0.0308. The Morgan fingerprint density at radius 2 is 1.83 bits per heavy atom. The second-order valence-corrected chi connectivity index (χ2v) is 8.03. The largest absolute Gasteiger partial charge is 0.484 e. The summed E-state index contributed by atoms with van der Waals surface area (Å²) >= 11 is 0. The van der Waals surface area contributed by atoms with Crippen molar-refractivity contribution in [3.63, 3.8) is 0 Å². The predicted molar refractivity (Wildman–Crippen MR) is 116 cm³/mol. The molecule has 0 amide bonds. The average molecular weight is 396 g/mol. The van der Waals surface area contributed by atoms with Crippen LogP contribution < -0.4 is 16.0 Å². The lowest BCUT2D eigenvalue weighted by Crippen LogP contribution is -2.33. The maximum absolute atomic E-state index is 7.67. The molecule has 1 aromatic carbocycles. The third-order valence-corrected chi connectivity index (χ3v) is 5.98. The van der Waals surface area contributed by atoms with Crippen molar-refractivity contribution < 1.29 is 4.74 Å². The van der Waals surface area contributed by atoms with Gasteiger partial charge in [0.15, 0.2) is 0 Å². The number of ether oxygens (including phenoxy) is 1. The van der Waals surface area contributed by atoms with Crippen molar-refractivity contribution in [3.8, 4) is 5.75 Å². The number of fused-ring (bicyclic) bond motifs is 1. The number of nitrogens with one attached hydrogen (secondary N) is 2. The first-order chi connectivity index (χ1) is 14.0. The van der Waals surface area contributed by atoms with Gasteiger partial charge >= 0.3 is 0 Å². The van der Waals surface area contributed by atoms with E-state index in [4.69, 9.17) is 21.3 Å². The van der Waals surface area contributed by atoms with Gasteiger partial charge in [-0.05, 0) is 69.5 Å². The van der Waals surface area contributed by atoms with E-state index in [0.717, 1.165) is 36.3 Å². The van der Waals surface area contributed by atoms with Gasteiger partial charge in [-0.15, -0.1) is 0 Å². The van der Waals surface area contributed by atoms with Gasteiger partial charge in [-0.25, -0.2) is 0 Å². The highest BCUT2D eigenvalue weighted by Gasteiger charge is 2.26. The first-order valence-corrected chi connectivity index (χ1v) is 10.5. The van der Waals surface area contributed by atoms with Crippen molar-refractivity contribution >= 4 is 6.34 Å². The van der Waals surface area contributed by atoms with Crippen molar-refractivity contribution in [2.45, 2.75) is 57.2 Å². The quantitative estimate of drug-likeness (QED) is 0.545. The molecule has 3 atom stereocenters. The lowest BCUT2D eigenvalue weighted by atomic mass is 9.86. The van der Waals surface area contributed by atoms with Gasteiger partial charge in [0.25, 0.3) is 0 Å². The number of nitrogens with zero attached hydrogens (tertiary/aromatic N) is 2. The fourth-order valence-corrected chi connectivity index (χ4v) is 3.99. The number of likely N-dealkylation sites (tertiary alicyclic amines) is 1. The van der Waals surface area contributed by atoms with Crippen molar-refractivity contribution in [1.29, 1.82) is 10.8 Å². The van der Waals surface area contributed by atoms with Gasteiger partial charge in [-0.3, -0.25) is 15.4 Å². The summed E-state index contributed by atoms with van der Waals surface area (Å²) < 4.78 is 7.48. The van der Waals surface area contributed by atoms with Crippen LogP contribution in [0, 0.1) is 10.8 Å². The molecule has 2 aromatic rings. The molecule has 29 heavy (non-hydrogen) atoms. The van der Waals surface area contributed by atoms with Crippen LogP contribution in [0.15, 0.2) is 42.6 Å². The van der Waals surface area contributed by atoms with Gasteiger partial charge in [-0.2, -0.15) is 0 Å². The smallest absolute Gasteiger partial charge is 0.137 e. The molecule has 6 heteroatoms. The van der Waals surface area contributed by atoms with Crippen LogP contribution in [0.3, 0.4) is 0 Å². The molecule has 1 saturated heterocycles. The molecule has 2 unspecified atom stereocenters. The Hall–Kier alpha value is -2.44. The molecule has 6 nitrogen and oxygen atoms in total. The van der Waals surface area contributed by atoms with Crippen molar-refractivity contribution in [2.75, 3.05) is 13.6 Å². The topological polar surface area (TPSA) is 91.1 Å². The van der Waals surface area contributed by atoms with Crippen LogP contribution in [0.2, 0.25) is 0 Å². The Morgan fingerprint density at radius 3 is 2.48 bits per heavy atom. The first-order valence-electron chi connectivity index (χ1n) is 10.5. The Kier molecular flexibility index (Phi) is 7.23. The highest BCUT2D eigenvalue weighted by molar-refractivity contribution is 5.54.